The number of aliphatic carboxylic acids is 2. The molecule has 0 aliphatic carbocycles. The summed E-state index contributed by atoms with van der Waals surface area (Å²) in [6.07, 6.45) is -0.0239. The summed E-state index contributed by atoms with van der Waals surface area (Å²) in [5.74, 6) is -3.06. The minimum Gasteiger partial charge on any atom is -0.494 e. The Kier molecular flexibility index (Phi) is 8.71. The van der Waals surface area contributed by atoms with Crippen LogP contribution in [0, 0.1) is 5.41 Å². The Bertz CT molecular complexity index is 965. The van der Waals surface area contributed by atoms with Crippen molar-refractivity contribution in [2.24, 2.45) is 5.41 Å². The normalized spacial score (nSPS) is 12.2. The van der Waals surface area contributed by atoms with Gasteiger partial charge in [0.05, 0.1) is 25.0 Å². The summed E-state index contributed by atoms with van der Waals surface area (Å²) in [7, 11) is 0. The Morgan fingerprint density at radius 2 is 1.47 bits per heavy atom. The third kappa shape index (κ3) is 6.80. The molecular formula is C24H24O8. The number of hydrogen-bond donors (Lipinski definition) is 2. The second-order valence-electron chi connectivity index (χ2n) is 7.10. The van der Waals surface area contributed by atoms with Gasteiger partial charge in [0.25, 0.3) is 0 Å². The van der Waals surface area contributed by atoms with Gasteiger partial charge in [-0.25, -0.2) is 4.79 Å². The molecule has 0 bridgehead atoms. The highest BCUT2D eigenvalue weighted by molar-refractivity contribution is 6.08. The number of carboxylic acids is 2. The molecule has 0 aromatic heterocycles. The van der Waals surface area contributed by atoms with E-state index in [9.17, 15) is 29.4 Å². The first-order valence-electron chi connectivity index (χ1n) is 9.84. The van der Waals surface area contributed by atoms with Crippen molar-refractivity contribution in [3.05, 3.63) is 78.4 Å². The molecule has 8 nitrogen and oxygen atoms in total. The summed E-state index contributed by atoms with van der Waals surface area (Å²) in [5.41, 5.74) is -0.646. The molecule has 0 aliphatic heterocycles. The van der Waals surface area contributed by atoms with Crippen LogP contribution in [-0.4, -0.2) is 47.1 Å². The number of carbonyl (C=O) groups is 4. The average molecular weight is 440 g/mol. The molecule has 2 rings (SSSR count). The van der Waals surface area contributed by atoms with Crippen LogP contribution < -0.4 is 4.74 Å². The number of carboxylic acid groups (broad SMARTS) is 2. The Labute approximate surface area is 185 Å². The second-order valence-corrected chi connectivity index (χ2v) is 7.10. The van der Waals surface area contributed by atoms with Gasteiger partial charge in [0.15, 0.2) is 5.78 Å². The van der Waals surface area contributed by atoms with Crippen molar-refractivity contribution >= 4 is 23.7 Å². The smallest absolute Gasteiger partial charge is 0.330 e. The van der Waals surface area contributed by atoms with Crippen LogP contribution in [0.15, 0.2) is 67.3 Å². The van der Waals surface area contributed by atoms with Crippen LogP contribution in [0.2, 0.25) is 0 Å². The van der Waals surface area contributed by atoms with E-state index >= 15 is 0 Å². The van der Waals surface area contributed by atoms with Gasteiger partial charge in [0.2, 0.25) is 0 Å². The van der Waals surface area contributed by atoms with Crippen molar-refractivity contribution in [2.75, 3.05) is 13.2 Å². The predicted molar refractivity (Wildman–Crippen MR) is 115 cm³/mol. The minimum atomic E-state index is -1.67. The zero-order valence-electron chi connectivity index (χ0n) is 17.4. The van der Waals surface area contributed by atoms with Gasteiger partial charge in [-0.1, -0.05) is 36.9 Å². The zero-order chi connectivity index (χ0) is 23.6. The van der Waals surface area contributed by atoms with Crippen LogP contribution in [0.4, 0.5) is 0 Å². The summed E-state index contributed by atoms with van der Waals surface area (Å²) in [6, 6.07) is 15.2. The molecular weight excluding hydrogens is 416 g/mol. The monoisotopic (exact) mass is 440 g/mol. The van der Waals surface area contributed by atoms with Gasteiger partial charge in [-0.05, 0) is 37.1 Å². The molecule has 0 amide bonds. The molecule has 0 radical (unpaired) electrons. The van der Waals surface area contributed by atoms with Crippen molar-refractivity contribution in [1.29, 1.82) is 0 Å². The summed E-state index contributed by atoms with van der Waals surface area (Å²) in [6.45, 7) is 2.90. The molecule has 1 atom stereocenters. The molecule has 32 heavy (non-hydrogen) atoms. The van der Waals surface area contributed by atoms with Gasteiger partial charge in [0.1, 0.15) is 5.75 Å². The Hall–Kier alpha value is -3.94. The van der Waals surface area contributed by atoms with E-state index in [1.54, 1.807) is 48.5 Å². The molecule has 168 valence electrons. The highest BCUT2D eigenvalue weighted by Crippen LogP contribution is 2.32. The predicted octanol–water partition coefficient (Wildman–Crippen LogP) is 3.35. The number of carbonyl (C=O) groups excluding carboxylic acids is 2. The molecule has 2 aromatic rings. The number of hydrogen-bond acceptors (Lipinski definition) is 6. The van der Waals surface area contributed by atoms with Gasteiger partial charge >= 0.3 is 17.9 Å². The first-order chi connectivity index (χ1) is 15.3. The van der Waals surface area contributed by atoms with Crippen LogP contribution in [0.25, 0.3) is 0 Å². The van der Waals surface area contributed by atoms with E-state index in [0.717, 1.165) is 6.08 Å². The number of benzene rings is 2. The lowest BCUT2D eigenvalue weighted by Crippen LogP contribution is -2.36. The maximum absolute atomic E-state index is 12.4. The Morgan fingerprint density at radius 3 is 2.03 bits per heavy atom. The molecule has 8 heteroatoms. The van der Waals surface area contributed by atoms with E-state index in [0.29, 0.717) is 16.9 Å². The lowest BCUT2D eigenvalue weighted by Gasteiger charge is -2.27. The van der Waals surface area contributed by atoms with Crippen LogP contribution in [0.3, 0.4) is 0 Å². The topological polar surface area (TPSA) is 127 Å². The number of esters is 1. The fraction of sp³-hybridized carbons (Fsp3) is 0.250. The molecule has 0 fully saturated rings. The maximum Gasteiger partial charge on any atom is 0.330 e. The summed E-state index contributed by atoms with van der Waals surface area (Å²) in [4.78, 5) is 46.8. The fourth-order valence-corrected chi connectivity index (χ4v) is 3.11. The minimum absolute atomic E-state index is 0.0824. The molecule has 0 spiro atoms. The second kappa shape index (κ2) is 11.5. The molecule has 2 N–H and O–H groups in total. The highest BCUT2D eigenvalue weighted by atomic mass is 16.5. The molecule has 0 heterocycles. The van der Waals surface area contributed by atoms with Gasteiger partial charge in [-0.15, -0.1) is 0 Å². The summed E-state index contributed by atoms with van der Waals surface area (Å²) < 4.78 is 10.4. The van der Waals surface area contributed by atoms with Crippen LogP contribution in [-0.2, 0) is 19.1 Å². The van der Waals surface area contributed by atoms with Crippen molar-refractivity contribution in [3.8, 4) is 5.75 Å². The average Bonchev–Trinajstić information content (AvgIpc) is 2.78. The van der Waals surface area contributed by atoms with E-state index in [4.69, 9.17) is 9.47 Å². The van der Waals surface area contributed by atoms with E-state index in [2.05, 4.69) is 6.58 Å². The maximum atomic E-state index is 12.4. The van der Waals surface area contributed by atoms with Gasteiger partial charge in [0, 0.05) is 17.2 Å². The number of ketones is 1. The SMILES string of the molecule is C=CC(=O)OCCC(CCOc1ccc(C(=O)c2ccccc2)cc1)(CC(=O)O)C(=O)O. The highest BCUT2D eigenvalue weighted by Gasteiger charge is 2.40. The summed E-state index contributed by atoms with van der Waals surface area (Å²) >= 11 is 0. The fourth-order valence-electron chi connectivity index (χ4n) is 3.11. The molecule has 2 aromatic carbocycles. The lowest BCUT2D eigenvalue weighted by molar-refractivity contribution is -0.159. The van der Waals surface area contributed by atoms with Crippen LogP contribution in [0.5, 0.6) is 5.75 Å². The quantitative estimate of drug-likeness (QED) is 0.276. The first-order valence-corrected chi connectivity index (χ1v) is 9.84. The molecule has 0 saturated heterocycles. The van der Waals surface area contributed by atoms with E-state index in [1.165, 1.54) is 0 Å². The van der Waals surface area contributed by atoms with Gasteiger partial charge in [-0.2, -0.15) is 0 Å². The first kappa shape index (κ1) is 24.3. The third-order valence-electron chi connectivity index (χ3n) is 4.94. The lowest BCUT2D eigenvalue weighted by atomic mass is 9.78. The largest absolute Gasteiger partial charge is 0.494 e. The summed E-state index contributed by atoms with van der Waals surface area (Å²) in [5, 5.41) is 18.9. The third-order valence-corrected chi connectivity index (χ3v) is 4.94. The van der Waals surface area contributed by atoms with Crippen molar-refractivity contribution < 1.29 is 38.9 Å². The van der Waals surface area contributed by atoms with Gasteiger partial charge in [-0.3, -0.25) is 14.4 Å². The van der Waals surface area contributed by atoms with Crippen molar-refractivity contribution in [1.82, 2.24) is 0 Å². The van der Waals surface area contributed by atoms with Crippen LogP contribution >= 0.6 is 0 Å². The molecule has 0 saturated carbocycles. The molecule has 1 unspecified atom stereocenters. The van der Waals surface area contributed by atoms with Crippen LogP contribution in [0.1, 0.15) is 35.2 Å². The number of rotatable bonds is 13. The molecule has 0 aliphatic rings. The van der Waals surface area contributed by atoms with Crippen molar-refractivity contribution in [3.63, 3.8) is 0 Å². The van der Waals surface area contributed by atoms with Crippen molar-refractivity contribution in [2.45, 2.75) is 19.3 Å². The van der Waals surface area contributed by atoms with E-state index in [-0.39, 0.29) is 31.8 Å². The Balaban J connectivity index is 2.02. The van der Waals surface area contributed by atoms with Gasteiger partial charge < -0.3 is 19.7 Å². The number of ether oxygens (including phenoxy) is 2. The van der Waals surface area contributed by atoms with E-state index < -0.39 is 29.7 Å². The Morgan fingerprint density at radius 1 is 0.875 bits per heavy atom. The zero-order valence-corrected chi connectivity index (χ0v) is 17.4. The van der Waals surface area contributed by atoms with E-state index in [1.807, 2.05) is 6.07 Å². The standard InChI is InChI=1S/C24H24O8/c1-2-21(27)32-15-13-24(23(29)30,16-20(25)26)12-14-31-19-10-8-18(9-11-19)22(28)17-6-4-3-5-7-17/h2-11H,1,12-16H2,(H,25,26)(H,29,30).